The summed E-state index contributed by atoms with van der Waals surface area (Å²) in [5.41, 5.74) is 2.17. The Kier molecular flexibility index (Phi) is 3.61. The summed E-state index contributed by atoms with van der Waals surface area (Å²) >= 11 is 1.71. The Morgan fingerprint density at radius 1 is 1.39 bits per heavy atom. The second-order valence-electron chi connectivity index (χ2n) is 6.10. The van der Waals surface area contributed by atoms with Gasteiger partial charge in [-0.05, 0) is 18.9 Å². The average Bonchev–Trinajstić information content (AvgIpc) is 3.28. The summed E-state index contributed by atoms with van der Waals surface area (Å²) in [4.78, 5) is 3.41. The first kappa shape index (κ1) is 14.4. The summed E-state index contributed by atoms with van der Waals surface area (Å²) in [5, 5.41) is 16.1. The number of fused-ring (bicyclic) bond motifs is 1. The number of nitrogens with one attached hydrogen (secondary N) is 1. The Morgan fingerprint density at radius 2 is 2.22 bits per heavy atom. The van der Waals surface area contributed by atoms with Gasteiger partial charge >= 0.3 is 0 Å². The summed E-state index contributed by atoms with van der Waals surface area (Å²) in [6.45, 7) is 2.79. The number of hydrogen-bond donors (Lipinski definition) is 1. The summed E-state index contributed by atoms with van der Waals surface area (Å²) < 4.78 is 4.08. The van der Waals surface area contributed by atoms with Gasteiger partial charge in [0, 0.05) is 40.4 Å². The number of likely N-dealkylation sites (tertiary alicyclic amines) is 1. The van der Waals surface area contributed by atoms with Gasteiger partial charge in [-0.3, -0.25) is 10.1 Å². The second-order valence-corrected chi connectivity index (χ2v) is 7.09. The van der Waals surface area contributed by atoms with Gasteiger partial charge in [0.05, 0.1) is 12.7 Å². The van der Waals surface area contributed by atoms with Crippen LogP contribution in [0.1, 0.15) is 23.3 Å². The molecule has 6 heteroatoms. The quantitative estimate of drug-likeness (QED) is 0.456. The first-order valence-electron chi connectivity index (χ1n) is 7.93. The SMILES string of the molecule is C[n+]1ccc2cnn(Cc3cc(C(=N)N4CCCC4)cs3)c2c1. The molecule has 0 radical (unpaired) electrons. The zero-order valence-electron chi connectivity index (χ0n) is 13.2. The van der Waals surface area contributed by atoms with Crippen molar-refractivity contribution in [1.82, 2.24) is 14.7 Å². The molecule has 0 bridgehead atoms. The standard InChI is InChI=1S/C17H20N5S/c1-20-7-4-13-9-19-22(16(13)11-20)10-15-8-14(12-23-15)17(18)21-5-2-3-6-21/h4,7-9,11-12,18H,2-3,5-6,10H2,1H3/q+1. The molecule has 0 saturated carbocycles. The number of pyridine rings is 1. The molecule has 0 unspecified atom stereocenters. The molecular formula is C17H20N5S+. The normalized spacial score (nSPS) is 14.7. The molecule has 1 saturated heterocycles. The third kappa shape index (κ3) is 2.74. The third-order valence-corrected chi connectivity index (χ3v) is 5.30. The van der Waals surface area contributed by atoms with Crippen LogP contribution in [0.3, 0.4) is 0 Å². The van der Waals surface area contributed by atoms with Crippen molar-refractivity contribution in [3.05, 3.63) is 46.5 Å². The van der Waals surface area contributed by atoms with E-state index in [1.807, 2.05) is 28.7 Å². The first-order chi connectivity index (χ1) is 11.2. The Hall–Kier alpha value is -2.21. The van der Waals surface area contributed by atoms with Gasteiger partial charge in [-0.1, -0.05) is 0 Å². The Balaban J connectivity index is 1.57. The smallest absolute Gasteiger partial charge is 0.194 e. The molecule has 5 nitrogen and oxygen atoms in total. The van der Waals surface area contributed by atoms with E-state index < -0.39 is 0 Å². The van der Waals surface area contributed by atoms with E-state index in [2.05, 4.69) is 33.7 Å². The molecule has 0 aliphatic carbocycles. The maximum absolute atomic E-state index is 8.36. The molecule has 4 heterocycles. The molecule has 4 rings (SSSR count). The number of aryl methyl sites for hydroxylation is 1. The monoisotopic (exact) mass is 326 g/mol. The van der Waals surface area contributed by atoms with E-state index in [-0.39, 0.29) is 0 Å². The lowest BCUT2D eigenvalue weighted by atomic mass is 10.2. The Morgan fingerprint density at radius 3 is 3.04 bits per heavy atom. The summed E-state index contributed by atoms with van der Waals surface area (Å²) in [5.74, 6) is 0.668. The number of nitrogens with zero attached hydrogens (tertiary/aromatic N) is 4. The first-order valence-corrected chi connectivity index (χ1v) is 8.81. The van der Waals surface area contributed by atoms with Crippen molar-refractivity contribution in [3.63, 3.8) is 0 Å². The van der Waals surface area contributed by atoms with E-state index in [1.165, 1.54) is 17.7 Å². The van der Waals surface area contributed by atoms with Crippen LogP contribution in [0.5, 0.6) is 0 Å². The van der Waals surface area contributed by atoms with Crippen molar-refractivity contribution >= 4 is 28.1 Å². The van der Waals surface area contributed by atoms with Crippen molar-refractivity contribution in [2.75, 3.05) is 13.1 Å². The van der Waals surface area contributed by atoms with E-state index >= 15 is 0 Å². The Bertz CT molecular complexity index is 857. The van der Waals surface area contributed by atoms with Crippen LogP contribution in [0.15, 0.2) is 36.1 Å². The molecule has 1 fully saturated rings. The predicted molar refractivity (Wildman–Crippen MR) is 92.0 cm³/mol. The molecule has 1 aliphatic rings. The average molecular weight is 326 g/mol. The Labute approximate surface area is 139 Å². The van der Waals surface area contributed by atoms with Crippen LogP contribution >= 0.6 is 11.3 Å². The van der Waals surface area contributed by atoms with Crippen molar-refractivity contribution in [2.45, 2.75) is 19.4 Å². The van der Waals surface area contributed by atoms with Crippen LogP contribution in [0, 0.1) is 5.41 Å². The highest BCUT2D eigenvalue weighted by Gasteiger charge is 2.17. The molecule has 3 aromatic rings. The van der Waals surface area contributed by atoms with Crippen LogP contribution in [-0.2, 0) is 13.6 Å². The molecule has 0 aromatic carbocycles. The minimum Gasteiger partial charge on any atom is -0.357 e. The van der Waals surface area contributed by atoms with Gasteiger partial charge in [0.25, 0.3) is 0 Å². The van der Waals surface area contributed by atoms with Crippen LogP contribution in [-0.4, -0.2) is 33.6 Å². The topological polar surface area (TPSA) is 48.8 Å². The highest BCUT2D eigenvalue weighted by atomic mass is 32.1. The van der Waals surface area contributed by atoms with Crippen LogP contribution < -0.4 is 4.57 Å². The molecular weight excluding hydrogens is 306 g/mol. The van der Waals surface area contributed by atoms with Crippen molar-refractivity contribution in [1.29, 1.82) is 5.41 Å². The molecule has 1 N–H and O–H groups in total. The van der Waals surface area contributed by atoms with Gasteiger partial charge < -0.3 is 4.90 Å². The van der Waals surface area contributed by atoms with Crippen molar-refractivity contribution in [3.8, 4) is 0 Å². The minimum absolute atomic E-state index is 0.668. The number of rotatable bonds is 3. The molecule has 1 aliphatic heterocycles. The second kappa shape index (κ2) is 5.77. The lowest BCUT2D eigenvalue weighted by Gasteiger charge is -2.17. The predicted octanol–water partition coefficient (Wildman–Crippen LogP) is 2.39. The highest BCUT2D eigenvalue weighted by Crippen LogP contribution is 2.21. The largest absolute Gasteiger partial charge is 0.357 e. The number of thiophene rings is 1. The van der Waals surface area contributed by atoms with E-state index in [1.54, 1.807) is 11.3 Å². The summed E-state index contributed by atoms with van der Waals surface area (Å²) in [6.07, 6.45) is 8.46. The lowest BCUT2D eigenvalue weighted by molar-refractivity contribution is -0.670. The van der Waals surface area contributed by atoms with Crippen LogP contribution in [0.2, 0.25) is 0 Å². The zero-order chi connectivity index (χ0) is 15.8. The lowest BCUT2D eigenvalue weighted by Crippen LogP contribution is -2.27. The maximum Gasteiger partial charge on any atom is 0.194 e. The summed E-state index contributed by atoms with van der Waals surface area (Å²) in [6, 6.07) is 4.23. The molecule has 0 spiro atoms. The fraction of sp³-hybridized carbons (Fsp3) is 0.353. The van der Waals surface area contributed by atoms with E-state index in [4.69, 9.17) is 5.41 Å². The van der Waals surface area contributed by atoms with Gasteiger partial charge in [0.15, 0.2) is 12.4 Å². The van der Waals surface area contributed by atoms with Gasteiger partial charge in [-0.25, -0.2) is 4.57 Å². The van der Waals surface area contributed by atoms with Gasteiger partial charge in [-0.15, -0.1) is 11.3 Å². The molecule has 118 valence electrons. The number of amidine groups is 1. The van der Waals surface area contributed by atoms with Gasteiger partial charge in [-0.2, -0.15) is 5.10 Å². The fourth-order valence-electron chi connectivity index (χ4n) is 3.10. The number of hydrogen-bond acceptors (Lipinski definition) is 3. The molecule has 3 aromatic heterocycles. The summed E-state index contributed by atoms with van der Waals surface area (Å²) in [7, 11) is 2.03. The van der Waals surface area contributed by atoms with Gasteiger partial charge in [0.2, 0.25) is 0 Å². The fourth-order valence-corrected chi connectivity index (χ4v) is 3.95. The minimum atomic E-state index is 0.668. The van der Waals surface area contributed by atoms with E-state index in [9.17, 15) is 0 Å². The number of aromatic nitrogens is 3. The van der Waals surface area contributed by atoms with Crippen LogP contribution in [0.25, 0.3) is 10.9 Å². The van der Waals surface area contributed by atoms with E-state index in [0.29, 0.717) is 5.84 Å². The molecule has 0 amide bonds. The zero-order valence-corrected chi connectivity index (χ0v) is 14.0. The van der Waals surface area contributed by atoms with E-state index in [0.717, 1.165) is 36.1 Å². The highest BCUT2D eigenvalue weighted by molar-refractivity contribution is 7.10. The third-order valence-electron chi connectivity index (χ3n) is 4.38. The molecule has 0 atom stereocenters. The van der Waals surface area contributed by atoms with Crippen molar-refractivity contribution < 1.29 is 4.57 Å². The molecule has 23 heavy (non-hydrogen) atoms. The van der Waals surface area contributed by atoms with Crippen molar-refractivity contribution in [2.24, 2.45) is 7.05 Å². The van der Waals surface area contributed by atoms with Gasteiger partial charge in [0.1, 0.15) is 18.4 Å². The van der Waals surface area contributed by atoms with Crippen LogP contribution in [0.4, 0.5) is 0 Å². The maximum atomic E-state index is 8.36.